The van der Waals surface area contributed by atoms with Gasteiger partial charge >= 0.3 is 0 Å². The third-order valence-corrected chi connectivity index (χ3v) is 3.07. The second kappa shape index (κ2) is 5.78. The Morgan fingerprint density at radius 2 is 2.00 bits per heavy atom. The molecule has 1 heterocycles. The lowest BCUT2D eigenvalue weighted by Gasteiger charge is -2.10. The first kappa shape index (κ1) is 13.5. The van der Waals surface area contributed by atoms with Gasteiger partial charge < -0.3 is 5.32 Å². The van der Waals surface area contributed by atoms with Crippen LogP contribution in [-0.2, 0) is 6.42 Å². The monoisotopic (exact) mass is 259 g/mol. The second-order valence-electron chi connectivity index (χ2n) is 4.69. The average Bonchev–Trinajstić information content (AvgIpc) is 2.36. The normalized spacial score (nSPS) is 10.5. The number of benzene rings is 1. The lowest BCUT2D eigenvalue weighted by Crippen LogP contribution is -2.09. The molecule has 2 aromatic rings. The van der Waals surface area contributed by atoms with Crippen LogP contribution in [0.15, 0.2) is 24.4 Å². The first-order valence-electron chi connectivity index (χ1n) is 6.35. The fraction of sp³-hybridized carbons (Fsp3) is 0.333. The van der Waals surface area contributed by atoms with E-state index in [1.165, 1.54) is 6.07 Å². The van der Waals surface area contributed by atoms with Crippen molar-refractivity contribution in [3.8, 4) is 0 Å². The van der Waals surface area contributed by atoms with Crippen LogP contribution in [0.1, 0.15) is 22.5 Å². The van der Waals surface area contributed by atoms with Gasteiger partial charge in [-0.25, -0.2) is 9.37 Å². The molecule has 1 N–H and O–H groups in total. The van der Waals surface area contributed by atoms with E-state index in [0.717, 1.165) is 41.3 Å². The van der Waals surface area contributed by atoms with Gasteiger partial charge in [0.2, 0.25) is 0 Å². The van der Waals surface area contributed by atoms with Gasteiger partial charge in [0.05, 0.1) is 11.4 Å². The Morgan fingerprint density at radius 1 is 1.21 bits per heavy atom. The molecule has 1 aromatic carbocycles. The number of nitrogens with zero attached hydrogens (tertiary/aromatic N) is 2. The Morgan fingerprint density at radius 3 is 2.74 bits per heavy atom. The molecule has 0 aliphatic rings. The number of rotatable bonds is 4. The molecule has 0 saturated heterocycles. The zero-order chi connectivity index (χ0) is 13.8. The van der Waals surface area contributed by atoms with E-state index in [1.54, 1.807) is 12.3 Å². The highest BCUT2D eigenvalue weighted by Crippen LogP contribution is 2.12. The second-order valence-corrected chi connectivity index (χ2v) is 4.69. The first-order chi connectivity index (χ1) is 9.06. The summed E-state index contributed by atoms with van der Waals surface area (Å²) < 4.78 is 13.0. The molecule has 19 heavy (non-hydrogen) atoms. The minimum atomic E-state index is -0.186. The molecule has 0 saturated carbocycles. The van der Waals surface area contributed by atoms with Crippen LogP contribution in [0, 0.1) is 26.6 Å². The van der Waals surface area contributed by atoms with Crippen LogP contribution in [0.25, 0.3) is 0 Å². The van der Waals surface area contributed by atoms with E-state index in [9.17, 15) is 4.39 Å². The molecule has 100 valence electrons. The lowest BCUT2D eigenvalue weighted by molar-refractivity contribution is 0.625. The number of aromatic nitrogens is 2. The number of hydrogen-bond acceptors (Lipinski definition) is 3. The highest BCUT2D eigenvalue weighted by atomic mass is 19.1. The van der Waals surface area contributed by atoms with E-state index in [-0.39, 0.29) is 5.82 Å². The number of anilines is 1. The summed E-state index contributed by atoms with van der Waals surface area (Å²) in [5.74, 6) is 0.634. The molecule has 0 fully saturated rings. The standard InChI is InChI=1S/C15H18FN3/c1-10-8-14(16)5-4-13(10)6-7-17-15-12(3)18-9-11(2)19-15/h4-5,8-9H,6-7H2,1-3H3,(H,17,19). The average molecular weight is 259 g/mol. The van der Waals surface area contributed by atoms with Crippen molar-refractivity contribution >= 4 is 5.82 Å². The topological polar surface area (TPSA) is 37.8 Å². The van der Waals surface area contributed by atoms with E-state index >= 15 is 0 Å². The molecular weight excluding hydrogens is 241 g/mol. The summed E-state index contributed by atoms with van der Waals surface area (Å²) in [6, 6.07) is 4.90. The molecule has 0 aliphatic heterocycles. The Labute approximate surface area is 112 Å². The highest BCUT2D eigenvalue weighted by molar-refractivity contribution is 5.40. The zero-order valence-electron chi connectivity index (χ0n) is 11.5. The van der Waals surface area contributed by atoms with Crippen molar-refractivity contribution in [2.24, 2.45) is 0 Å². The molecular formula is C15H18FN3. The van der Waals surface area contributed by atoms with Crippen molar-refractivity contribution < 1.29 is 4.39 Å². The molecule has 4 heteroatoms. The van der Waals surface area contributed by atoms with Gasteiger partial charge in [0.15, 0.2) is 0 Å². The molecule has 1 aromatic heterocycles. The van der Waals surface area contributed by atoms with Crippen LogP contribution in [0.5, 0.6) is 0 Å². The van der Waals surface area contributed by atoms with Crippen LogP contribution in [-0.4, -0.2) is 16.5 Å². The minimum absolute atomic E-state index is 0.186. The van der Waals surface area contributed by atoms with Crippen LogP contribution in [0.4, 0.5) is 10.2 Å². The van der Waals surface area contributed by atoms with Crippen molar-refractivity contribution in [3.05, 3.63) is 52.7 Å². The summed E-state index contributed by atoms with van der Waals surface area (Å²) in [4.78, 5) is 8.67. The number of halogens is 1. The van der Waals surface area contributed by atoms with Gasteiger partial charge in [0.1, 0.15) is 11.6 Å². The van der Waals surface area contributed by atoms with Crippen molar-refractivity contribution in [2.45, 2.75) is 27.2 Å². The predicted molar refractivity (Wildman–Crippen MR) is 74.8 cm³/mol. The van der Waals surface area contributed by atoms with E-state index in [0.29, 0.717) is 0 Å². The van der Waals surface area contributed by atoms with Gasteiger partial charge in [-0.1, -0.05) is 6.07 Å². The summed E-state index contributed by atoms with van der Waals surface area (Å²) in [5, 5.41) is 3.28. The van der Waals surface area contributed by atoms with Crippen LogP contribution in [0.3, 0.4) is 0 Å². The summed E-state index contributed by atoms with van der Waals surface area (Å²) in [7, 11) is 0. The lowest BCUT2D eigenvalue weighted by atomic mass is 10.1. The highest BCUT2D eigenvalue weighted by Gasteiger charge is 2.03. The molecule has 0 unspecified atom stereocenters. The fourth-order valence-electron chi connectivity index (χ4n) is 1.96. The largest absolute Gasteiger partial charge is 0.368 e. The van der Waals surface area contributed by atoms with Crippen molar-refractivity contribution in [3.63, 3.8) is 0 Å². The van der Waals surface area contributed by atoms with E-state index in [2.05, 4.69) is 15.3 Å². The molecule has 0 radical (unpaired) electrons. The van der Waals surface area contributed by atoms with Gasteiger partial charge in [0, 0.05) is 12.7 Å². The third kappa shape index (κ3) is 3.50. The molecule has 0 atom stereocenters. The third-order valence-electron chi connectivity index (χ3n) is 3.07. The van der Waals surface area contributed by atoms with Gasteiger partial charge in [-0.15, -0.1) is 0 Å². The molecule has 0 amide bonds. The SMILES string of the molecule is Cc1cnc(C)c(NCCc2ccc(F)cc2C)n1. The van der Waals surface area contributed by atoms with Gasteiger partial charge in [-0.2, -0.15) is 0 Å². The molecule has 3 nitrogen and oxygen atoms in total. The van der Waals surface area contributed by atoms with E-state index in [4.69, 9.17) is 0 Å². The smallest absolute Gasteiger partial charge is 0.147 e. The van der Waals surface area contributed by atoms with Crippen molar-refractivity contribution in [1.29, 1.82) is 0 Å². The molecule has 0 aliphatic carbocycles. The quantitative estimate of drug-likeness (QED) is 0.916. The Hall–Kier alpha value is -1.97. The van der Waals surface area contributed by atoms with Crippen LogP contribution >= 0.6 is 0 Å². The molecule has 0 spiro atoms. The Bertz CT molecular complexity index is 582. The Balaban J connectivity index is 1.98. The number of hydrogen-bond donors (Lipinski definition) is 1. The zero-order valence-corrected chi connectivity index (χ0v) is 11.5. The summed E-state index contributed by atoms with van der Waals surface area (Å²) in [5.41, 5.74) is 3.91. The van der Waals surface area contributed by atoms with E-state index in [1.807, 2.05) is 26.8 Å². The number of aryl methyl sites for hydroxylation is 3. The van der Waals surface area contributed by atoms with Crippen molar-refractivity contribution in [1.82, 2.24) is 9.97 Å². The fourth-order valence-corrected chi connectivity index (χ4v) is 1.96. The van der Waals surface area contributed by atoms with Crippen molar-refractivity contribution in [2.75, 3.05) is 11.9 Å². The maximum atomic E-state index is 13.0. The minimum Gasteiger partial charge on any atom is -0.368 e. The summed E-state index contributed by atoms with van der Waals surface area (Å²) in [6.07, 6.45) is 2.59. The maximum absolute atomic E-state index is 13.0. The predicted octanol–water partition coefficient (Wildman–Crippen LogP) is 3.20. The van der Waals surface area contributed by atoms with Crippen LogP contribution < -0.4 is 5.32 Å². The summed E-state index contributed by atoms with van der Waals surface area (Å²) in [6.45, 7) is 6.53. The molecule has 2 rings (SSSR count). The maximum Gasteiger partial charge on any atom is 0.147 e. The van der Waals surface area contributed by atoms with Gasteiger partial charge in [0.25, 0.3) is 0 Å². The number of nitrogens with one attached hydrogen (secondary N) is 1. The Kier molecular flexibility index (Phi) is 4.10. The van der Waals surface area contributed by atoms with E-state index < -0.39 is 0 Å². The molecule has 0 bridgehead atoms. The van der Waals surface area contributed by atoms with Gasteiger partial charge in [-0.05, 0) is 50.5 Å². The first-order valence-corrected chi connectivity index (χ1v) is 6.35. The summed E-state index contributed by atoms with van der Waals surface area (Å²) >= 11 is 0. The van der Waals surface area contributed by atoms with Gasteiger partial charge in [-0.3, -0.25) is 4.98 Å². The van der Waals surface area contributed by atoms with Crippen LogP contribution in [0.2, 0.25) is 0 Å².